The number of urea groups is 1. The van der Waals surface area contributed by atoms with Crippen molar-refractivity contribution in [3.63, 3.8) is 0 Å². The minimum atomic E-state index is -0.0292. The Morgan fingerprint density at radius 1 is 1.38 bits per heavy atom. The maximum Gasteiger partial charge on any atom is 0.317 e. The molecule has 2 rings (SSSR count). The molecule has 0 spiro atoms. The molecule has 1 atom stereocenters. The van der Waals surface area contributed by atoms with Crippen molar-refractivity contribution < 1.29 is 4.79 Å². The molecule has 1 aliphatic heterocycles. The minimum absolute atomic E-state index is 0.00269. The highest BCUT2D eigenvalue weighted by atomic mass is 16.2. The Morgan fingerprint density at radius 3 is 2.52 bits per heavy atom. The number of carbonyl (C=O) groups is 1. The molecule has 1 N–H and O–H groups in total. The second kappa shape index (κ2) is 7.12. The summed E-state index contributed by atoms with van der Waals surface area (Å²) in [4.78, 5) is 14.0. The molecule has 0 radical (unpaired) electrons. The van der Waals surface area contributed by atoms with Crippen molar-refractivity contribution in [2.75, 3.05) is 13.1 Å². The van der Waals surface area contributed by atoms with Crippen LogP contribution in [0.25, 0.3) is 0 Å². The molecule has 4 nitrogen and oxygen atoms in total. The van der Waals surface area contributed by atoms with Crippen LogP contribution in [-0.2, 0) is 6.42 Å². The molecular formula is C17H23N3O. The van der Waals surface area contributed by atoms with Gasteiger partial charge in [-0.05, 0) is 37.3 Å². The van der Waals surface area contributed by atoms with Crippen molar-refractivity contribution in [1.82, 2.24) is 10.2 Å². The number of nitrogens with zero attached hydrogens (tertiary/aromatic N) is 2. The molecule has 1 saturated heterocycles. The van der Waals surface area contributed by atoms with Crippen LogP contribution in [0.1, 0.15) is 43.9 Å². The fourth-order valence-corrected chi connectivity index (χ4v) is 2.61. The quantitative estimate of drug-likeness (QED) is 0.926. The largest absolute Gasteiger partial charge is 0.331 e. The highest BCUT2D eigenvalue weighted by molar-refractivity contribution is 5.74. The maximum absolute atomic E-state index is 12.2. The van der Waals surface area contributed by atoms with E-state index in [0.29, 0.717) is 13.1 Å². The fraction of sp³-hybridized carbons (Fsp3) is 0.529. The Bertz CT molecular complexity index is 510. The summed E-state index contributed by atoms with van der Waals surface area (Å²) in [6.45, 7) is 5.48. The molecule has 0 saturated carbocycles. The monoisotopic (exact) mass is 285 g/mol. The van der Waals surface area contributed by atoms with Crippen molar-refractivity contribution in [3.05, 3.63) is 35.4 Å². The lowest BCUT2D eigenvalue weighted by Crippen LogP contribution is -2.45. The summed E-state index contributed by atoms with van der Waals surface area (Å²) in [5.41, 5.74) is 2.42. The van der Waals surface area contributed by atoms with E-state index in [1.807, 2.05) is 11.8 Å². The second-order valence-corrected chi connectivity index (χ2v) is 5.66. The topological polar surface area (TPSA) is 56.1 Å². The lowest BCUT2D eigenvalue weighted by Gasteiger charge is -2.30. The first-order valence-electron chi connectivity index (χ1n) is 7.68. The van der Waals surface area contributed by atoms with E-state index < -0.39 is 0 Å². The first kappa shape index (κ1) is 15.4. The van der Waals surface area contributed by atoms with E-state index in [1.165, 1.54) is 5.56 Å². The Kier molecular flexibility index (Phi) is 5.21. The number of likely N-dealkylation sites (tertiary alicyclic amines) is 1. The van der Waals surface area contributed by atoms with E-state index in [2.05, 4.69) is 42.6 Å². The molecule has 21 heavy (non-hydrogen) atoms. The van der Waals surface area contributed by atoms with Crippen molar-refractivity contribution in [2.24, 2.45) is 5.92 Å². The number of hydrogen-bond donors (Lipinski definition) is 1. The van der Waals surface area contributed by atoms with Gasteiger partial charge in [-0.3, -0.25) is 0 Å². The number of aryl methyl sites for hydroxylation is 1. The van der Waals surface area contributed by atoms with Crippen molar-refractivity contribution >= 4 is 6.03 Å². The zero-order valence-corrected chi connectivity index (χ0v) is 12.8. The highest BCUT2D eigenvalue weighted by Gasteiger charge is 2.23. The average Bonchev–Trinajstić information content (AvgIpc) is 2.55. The van der Waals surface area contributed by atoms with Gasteiger partial charge in [-0.1, -0.05) is 31.2 Å². The van der Waals surface area contributed by atoms with Crippen LogP contribution in [0.4, 0.5) is 4.79 Å². The third-order valence-corrected chi connectivity index (χ3v) is 4.19. The number of rotatable bonds is 3. The predicted octanol–water partition coefficient (Wildman–Crippen LogP) is 3.26. The number of piperidine rings is 1. The van der Waals surface area contributed by atoms with Crippen LogP contribution < -0.4 is 5.32 Å². The molecule has 1 heterocycles. The summed E-state index contributed by atoms with van der Waals surface area (Å²) >= 11 is 0. The standard InChI is InChI=1S/C17H23N3O/c1-3-14-4-6-16(7-5-14)13(2)19-17(21)20-10-8-15(12-18)9-11-20/h4-7,13,15H,3,8-11H2,1-2H3,(H,19,21)/t13-/m0/s1. The summed E-state index contributed by atoms with van der Waals surface area (Å²) in [6.07, 6.45) is 2.59. The van der Waals surface area contributed by atoms with E-state index in [1.54, 1.807) is 0 Å². The van der Waals surface area contributed by atoms with Crippen molar-refractivity contribution in [3.8, 4) is 6.07 Å². The van der Waals surface area contributed by atoms with E-state index in [4.69, 9.17) is 5.26 Å². The van der Waals surface area contributed by atoms with Crippen molar-refractivity contribution in [1.29, 1.82) is 5.26 Å². The number of benzene rings is 1. The first-order valence-corrected chi connectivity index (χ1v) is 7.68. The third-order valence-electron chi connectivity index (χ3n) is 4.19. The zero-order valence-electron chi connectivity index (χ0n) is 12.8. The summed E-state index contributed by atoms with van der Waals surface area (Å²) in [5, 5.41) is 11.9. The Labute approximate surface area is 126 Å². The number of nitriles is 1. The molecule has 1 aromatic carbocycles. The highest BCUT2D eigenvalue weighted by Crippen LogP contribution is 2.18. The van der Waals surface area contributed by atoms with Gasteiger partial charge in [0.1, 0.15) is 0 Å². The first-order chi connectivity index (χ1) is 10.1. The molecule has 112 valence electrons. The number of nitrogens with one attached hydrogen (secondary N) is 1. The SMILES string of the molecule is CCc1ccc([C@H](C)NC(=O)N2CCC(C#N)CC2)cc1. The lowest BCUT2D eigenvalue weighted by atomic mass is 9.99. The van der Waals surface area contributed by atoms with Crippen molar-refractivity contribution in [2.45, 2.75) is 39.2 Å². The summed E-state index contributed by atoms with van der Waals surface area (Å²) in [6, 6.07) is 10.6. The van der Waals surface area contributed by atoms with Crippen LogP contribution in [0.15, 0.2) is 24.3 Å². The predicted molar refractivity (Wildman–Crippen MR) is 82.7 cm³/mol. The van der Waals surface area contributed by atoms with Gasteiger partial charge >= 0.3 is 6.03 Å². The molecule has 2 amide bonds. The van der Waals surface area contributed by atoms with Gasteiger partial charge in [-0.15, -0.1) is 0 Å². The molecule has 0 aromatic heterocycles. The van der Waals surface area contributed by atoms with Gasteiger partial charge in [0.25, 0.3) is 0 Å². The van der Waals surface area contributed by atoms with E-state index in [0.717, 1.165) is 24.8 Å². The molecule has 1 aromatic rings. The Morgan fingerprint density at radius 2 is 2.00 bits per heavy atom. The van der Waals surface area contributed by atoms with E-state index >= 15 is 0 Å². The third kappa shape index (κ3) is 3.98. The Hall–Kier alpha value is -2.02. The normalized spacial score (nSPS) is 17.1. The van der Waals surface area contributed by atoms with Crippen LogP contribution in [0, 0.1) is 17.2 Å². The van der Waals surface area contributed by atoms with E-state index in [-0.39, 0.29) is 18.0 Å². The zero-order chi connectivity index (χ0) is 15.2. The molecular weight excluding hydrogens is 262 g/mol. The van der Waals surface area contributed by atoms with Crippen LogP contribution in [0.3, 0.4) is 0 Å². The average molecular weight is 285 g/mol. The maximum atomic E-state index is 12.2. The van der Waals surface area contributed by atoms with Gasteiger partial charge in [0.15, 0.2) is 0 Å². The van der Waals surface area contributed by atoms with Gasteiger partial charge in [-0.25, -0.2) is 4.79 Å². The fourth-order valence-electron chi connectivity index (χ4n) is 2.61. The van der Waals surface area contributed by atoms with Gasteiger partial charge in [0, 0.05) is 19.0 Å². The molecule has 4 heteroatoms. The van der Waals surface area contributed by atoms with Crippen LogP contribution in [0.5, 0.6) is 0 Å². The van der Waals surface area contributed by atoms with Gasteiger partial charge in [-0.2, -0.15) is 5.26 Å². The molecule has 1 aliphatic rings. The minimum Gasteiger partial charge on any atom is -0.331 e. The Balaban J connectivity index is 1.88. The van der Waals surface area contributed by atoms with Crippen LogP contribution in [0.2, 0.25) is 0 Å². The van der Waals surface area contributed by atoms with Crippen LogP contribution >= 0.6 is 0 Å². The molecule has 0 unspecified atom stereocenters. The summed E-state index contributed by atoms with van der Waals surface area (Å²) in [5.74, 6) is 0.105. The van der Waals surface area contributed by atoms with Crippen LogP contribution in [-0.4, -0.2) is 24.0 Å². The number of amides is 2. The van der Waals surface area contributed by atoms with E-state index in [9.17, 15) is 4.79 Å². The summed E-state index contributed by atoms with van der Waals surface area (Å²) in [7, 11) is 0. The number of hydrogen-bond acceptors (Lipinski definition) is 2. The van der Waals surface area contributed by atoms with Gasteiger partial charge in [0.05, 0.1) is 12.1 Å². The smallest absolute Gasteiger partial charge is 0.317 e. The summed E-state index contributed by atoms with van der Waals surface area (Å²) < 4.78 is 0. The number of carbonyl (C=O) groups excluding carboxylic acids is 1. The molecule has 1 fully saturated rings. The second-order valence-electron chi connectivity index (χ2n) is 5.66. The van der Waals surface area contributed by atoms with Gasteiger partial charge in [0.2, 0.25) is 0 Å². The molecule has 0 bridgehead atoms. The molecule has 0 aliphatic carbocycles. The lowest BCUT2D eigenvalue weighted by molar-refractivity contribution is 0.176. The van der Waals surface area contributed by atoms with Gasteiger partial charge < -0.3 is 10.2 Å².